The van der Waals surface area contributed by atoms with Gasteiger partial charge in [-0.25, -0.2) is 0 Å². The summed E-state index contributed by atoms with van der Waals surface area (Å²) in [5, 5.41) is 2.38. The van der Waals surface area contributed by atoms with Crippen molar-refractivity contribution in [1.29, 1.82) is 0 Å². The first-order valence-electron chi connectivity index (χ1n) is 6.49. The van der Waals surface area contributed by atoms with E-state index < -0.39 is 0 Å². The molecule has 0 spiro atoms. The van der Waals surface area contributed by atoms with Gasteiger partial charge in [-0.2, -0.15) is 0 Å². The van der Waals surface area contributed by atoms with E-state index in [0.717, 1.165) is 11.3 Å². The molecule has 1 nitrogen and oxygen atoms in total. The molecule has 0 bridgehead atoms. The summed E-state index contributed by atoms with van der Waals surface area (Å²) in [4.78, 5) is 0. The molecule has 0 N–H and O–H groups in total. The van der Waals surface area contributed by atoms with Crippen LogP contribution in [-0.2, 0) is 0 Å². The van der Waals surface area contributed by atoms with Crippen molar-refractivity contribution in [3.63, 3.8) is 0 Å². The molecule has 3 aromatic carbocycles. The fraction of sp³-hybridized carbons (Fsp3) is 0.0526. The van der Waals surface area contributed by atoms with E-state index in [1.807, 2.05) is 42.5 Å². The van der Waals surface area contributed by atoms with Crippen LogP contribution >= 0.6 is 0 Å². The molecule has 0 saturated heterocycles. The van der Waals surface area contributed by atoms with Gasteiger partial charge in [-0.1, -0.05) is 60.4 Å². The minimum atomic E-state index is 0.376. The predicted octanol–water partition coefficient (Wildman–Crippen LogP) is 4.07. The van der Waals surface area contributed by atoms with Gasteiger partial charge >= 0.3 is 0 Å². The summed E-state index contributed by atoms with van der Waals surface area (Å²) in [6.45, 7) is 0.376. The predicted molar refractivity (Wildman–Crippen MR) is 81.6 cm³/mol. The zero-order valence-corrected chi connectivity index (χ0v) is 11.0. The Bertz CT molecular complexity index is 758. The van der Waals surface area contributed by atoms with Gasteiger partial charge < -0.3 is 4.74 Å². The Labute approximate surface area is 118 Å². The average Bonchev–Trinajstić information content (AvgIpc) is 2.53. The van der Waals surface area contributed by atoms with Gasteiger partial charge in [-0.05, 0) is 35.0 Å². The number of rotatable bonds is 2. The van der Waals surface area contributed by atoms with Crippen LogP contribution < -0.4 is 4.74 Å². The molecule has 0 atom stereocenters. The molecule has 0 unspecified atom stereocenters. The van der Waals surface area contributed by atoms with E-state index in [4.69, 9.17) is 4.74 Å². The third-order valence-electron chi connectivity index (χ3n) is 3.00. The monoisotopic (exact) mass is 257 g/mol. The molecule has 20 heavy (non-hydrogen) atoms. The Morgan fingerprint density at radius 1 is 0.950 bits per heavy atom. The van der Waals surface area contributed by atoms with Gasteiger partial charge in [0.15, 0.2) is 0 Å². The standard InChI is InChI=1S/C19H13O/c1-2-12-18(13-3-1)20-15-7-11-17-10-6-9-16-8-4-5-14-19(16)17/h1-2,4-6,8-10,12-14H,15H2. The molecule has 0 heterocycles. The Morgan fingerprint density at radius 3 is 2.75 bits per heavy atom. The summed E-state index contributed by atoms with van der Waals surface area (Å²) < 4.78 is 5.53. The van der Waals surface area contributed by atoms with Crippen LogP contribution in [0, 0.1) is 17.9 Å². The second-order valence-electron chi connectivity index (χ2n) is 4.36. The minimum absolute atomic E-state index is 0.376. The maximum Gasteiger partial charge on any atom is 0.149 e. The van der Waals surface area contributed by atoms with Crippen molar-refractivity contribution >= 4 is 10.8 Å². The van der Waals surface area contributed by atoms with Gasteiger partial charge in [-0.3, -0.25) is 0 Å². The van der Waals surface area contributed by atoms with Gasteiger partial charge in [0, 0.05) is 5.56 Å². The first-order valence-corrected chi connectivity index (χ1v) is 6.49. The van der Waals surface area contributed by atoms with Gasteiger partial charge in [0.1, 0.15) is 12.4 Å². The van der Waals surface area contributed by atoms with E-state index in [1.54, 1.807) is 6.07 Å². The van der Waals surface area contributed by atoms with Crippen molar-refractivity contribution in [1.82, 2.24) is 0 Å². The lowest BCUT2D eigenvalue weighted by Gasteiger charge is -2.01. The molecule has 1 heteroatoms. The molecule has 0 aliphatic heterocycles. The van der Waals surface area contributed by atoms with Crippen molar-refractivity contribution < 1.29 is 4.74 Å². The zero-order valence-electron chi connectivity index (χ0n) is 11.0. The van der Waals surface area contributed by atoms with E-state index in [9.17, 15) is 0 Å². The van der Waals surface area contributed by atoms with Crippen molar-refractivity contribution in [2.75, 3.05) is 6.61 Å². The van der Waals surface area contributed by atoms with E-state index in [1.165, 1.54) is 10.8 Å². The highest BCUT2D eigenvalue weighted by Gasteiger charge is 1.96. The Morgan fingerprint density at radius 2 is 1.85 bits per heavy atom. The van der Waals surface area contributed by atoms with Crippen LogP contribution in [0.5, 0.6) is 5.75 Å². The minimum Gasteiger partial charge on any atom is -0.481 e. The van der Waals surface area contributed by atoms with Crippen LogP contribution in [0.4, 0.5) is 0 Å². The van der Waals surface area contributed by atoms with Crippen LogP contribution in [0.25, 0.3) is 10.8 Å². The smallest absolute Gasteiger partial charge is 0.149 e. The van der Waals surface area contributed by atoms with E-state index in [-0.39, 0.29) is 0 Å². The fourth-order valence-electron chi connectivity index (χ4n) is 2.05. The van der Waals surface area contributed by atoms with Gasteiger partial charge in [0.05, 0.1) is 0 Å². The molecule has 0 aliphatic carbocycles. The average molecular weight is 257 g/mol. The molecule has 0 aromatic heterocycles. The second kappa shape index (κ2) is 5.95. The quantitative estimate of drug-likeness (QED) is 0.629. The van der Waals surface area contributed by atoms with Crippen LogP contribution in [-0.4, -0.2) is 6.61 Å². The first-order chi connectivity index (χ1) is 9.93. The lowest BCUT2D eigenvalue weighted by molar-refractivity contribution is 0.370. The maximum absolute atomic E-state index is 5.53. The van der Waals surface area contributed by atoms with Crippen LogP contribution in [0.1, 0.15) is 5.56 Å². The summed E-state index contributed by atoms with van der Waals surface area (Å²) in [6.07, 6.45) is 0. The van der Waals surface area contributed by atoms with Crippen LogP contribution in [0.15, 0.2) is 66.7 Å². The summed E-state index contributed by atoms with van der Waals surface area (Å²) >= 11 is 0. The molecule has 95 valence electrons. The first kappa shape index (κ1) is 12.3. The Balaban J connectivity index is 1.76. The van der Waals surface area contributed by atoms with Gasteiger partial charge in [0.2, 0.25) is 0 Å². The molecule has 0 aliphatic rings. The van der Waals surface area contributed by atoms with Crippen LogP contribution in [0.2, 0.25) is 0 Å². The molecule has 1 radical (unpaired) electrons. The summed E-state index contributed by atoms with van der Waals surface area (Å²) in [7, 11) is 0. The van der Waals surface area contributed by atoms with E-state index in [0.29, 0.717) is 6.61 Å². The highest BCUT2D eigenvalue weighted by Crippen LogP contribution is 2.17. The highest BCUT2D eigenvalue weighted by atomic mass is 16.5. The Hall–Kier alpha value is -2.72. The Kier molecular flexibility index (Phi) is 3.66. The van der Waals surface area contributed by atoms with Gasteiger partial charge in [0.25, 0.3) is 0 Å². The number of benzene rings is 3. The zero-order chi connectivity index (χ0) is 13.6. The molecule has 3 aromatic rings. The second-order valence-corrected chi connectivity index (χ2v) is 4.36. The van der Waals surface area contributed by atoms with Crippen LogP contribution in [0.3, 0.4) is 0 Å². The third kappa shape index (κ3) is 2.81. The summed E-state index contributed by atoms with van der Waals surface area (Å²) in [5.41, 5.74) is 1.03. The summed E-state index contributed by atoms with van der Waals surface area (Å²) in [6, 6.07) is 24.8. The normalized spacial score (nSPS) is 9.80. The van der Waals surface area contributed by atoms with Crippen molar-refractivity contribution in [2.24, 2.45) is 0 Å². The molecule has 0 amide bonds. The lowest BCUT2D eigenvalue weighted by Crippen LogP contribution is -1.93. The van der Waals surface area contributed by atoms with E-state index >= 15 is 0 Å². The number of ether oxygens (including phenoxy) is 1. The van der Waals surface area contributed by atoms with Gasteiger partial charge in [-0.15, -0.1) is 0 Å². The maximum atomic E-state index is 5.53. The number of fused-ring (bicyclic) bond motifs is 1. The molecular formula is C19H13O. The topological polar surface area (TPSA) is 9.23 Å². The summed E-state index contributed by atoms with van der Waals surface area (Å²) in [5.74, 6) is 7.02. The highest BCUT2D eigenvalue weighted by molar-refractivity contribution is 5.88. The molecule has 0 fully saturated rings. The van der Waals surface area contributed by atoms with E-state index in [2.05, 4.69) is 36.1 Å². The molecule has 3 rings (SSSR count). The molecular weight excluding hydrogens is 244 g/mol. The third-order valence-corrected chi connectivity index (χ3v) is 3.00. The van der Waals surface area contributed by atoms with Crippen molar-refractivity contribution in [3.05, 3.63) is 78.4 Å². The van der Waals surface area contributed by atoms with Crippen molar-refractivity contribution in [2.45, 2.75) is 0 Å². The SMILES string of the molecule is C(#Cc1cccc2ccccc12)COc1c[c]ccc1. The largest absolute Gasteiger partial charge is 0.481 e. The fourth-order valence-corrected chi connectivity index (χ4v) is 2.05. The number of hydrogen-bond donors (Lipinski definition) is 0. The number of hydrogen-bond acceptors (Lipinski definition) is 1. The molecule has 0 saturated carbocycles. The van der Waals surface area contributed by atoms with Crippen molar-refractivity contribution in [3.8, 4) is 17.6 Å². The lowest BCUT2D eigenvalue weighted by atomic mass is 10.1.